The molecule has 1 N–H and O–H groups in total. The highest BCUT2D eigenvalue weighted by molar-refractivity contribution is 7.89. The van der Waals surface area contributed by atoms with Crippen molar-refractivity contribution in [3.05, 3.63) is 23.2 Å². The first-order valence-electron chi connectivity index (χ1n) is 7.82. The number of piperazine rings is 1. The molecule has 1 fully saturated rings. The molecule has 1 aliphatic rings. The van der Waals surface area contributed by atoms with Crippen molar-refractivity contribution in [3.8, 4) is 0 Å². The van der Waals surface area contributed by atoms with Gasteiger partial charge in [0.15, 0.2) is 0 Å². The maximum atomic E-state index is 12.9. The maximum absolute atomic E-state index is 12.9. The van der Waals surface area contributed by atoms with Crippen molar-refractivity contribution < 1.29 is 8.42 Å². The van der Waals surface area contributed by atoms with Crippen molar-refractivity contribution in [2.24, 2.45) is 0 Å². The van der Waals surface area contributed by atoms with Crippen LogP contribution in [-0.4, -0.2) is 43.4 Å². The lowest BCUT2D eigenvalue weighted by atomic mass is 9.98. The number of nitrogens with zero attached hydrogens (tertiary/aromatic N) is 2. The lowest BCUT2D eigenvalue weighted by Crippen LogP contribution is -2.51. The first-order valence-corrected chi connectivity index (χ1v) is 10.1. The van der Waals surface area contributed by atoms with Crippen molar-refractivity contribution in [1.82, 2.24) is 14.6 Å². The first kappa shape index (κ1) is 19.6. The number of thiazole rings is 1. The third kappa shape index (κ3) is 3.75. The number of aromatic nitrogens is 1. The monoisotopic (exact) mass is 389 g/mol. The van der Waals surface area contributed by atoms with Crippen molar-refractivity contribution in [2.75, 3.05) is 19.6 Å². The number of hydrogen-bond acceptors (Lipinski definition) is 5. The van der Waals surface area contributed by atoms with Gasteiger partial charge in [-0.25, -0.2) is 13.4 Å². The normalized spacial score (nSPS) is 20.1. The Kier molecular flexibility index (Phi) is 5.62. The standard InChI is InChI=1S/C16H23N3O2S2.ClH/c1-11-10-19(8-7-17-11)23(20,21)12-5-6-13-14(9-12)22-15(18-13)16(2,3)4;/h5-6,9,11,17H,7-8,10H2,1-4H3;1H. The second kappa shape index (κ2) is 6.88. The minimum atomic E-state index is -3.44. The molecule has 2 aromatic rings. The minimum absolute atomic E-state index is 0. The third-order valence-electron chi connectivity index (χ3n) is 3.97. The molecule has 0 bridgehead atoms. The molecule has 0 saturated carbocycles. The van der Waals surface area contributed by atoms with Crippen LogP contribution in [0.1, 0.15) is 32.7 Å². The minimum Gasteiger partial charge on any atom is -0.312 e. The van der Waals surface area contributed by atoms with Gasteiger partial charge in [0.1, 0.15) is 0 Å². The molecular weight excluding hydrogens is 366 g/mol. The van der Waals surface area contributed by atoms with Crippen LogP contribution in [0, 0.1) is 0 Å². The van der Waals surface area contributed by atoms with Gasteiger partial charge < -0.3 is 5.32 Å². The zero-order chi connectivity index (χ0) is 16.8. The van der Waals surface area contributed by atoms with E-state index < -0.39 is 10.0 Å². The summed E-state index contributed by atoms with van der Waals surface area (Å²) in [5, 5.41) is 4.30. The molecule has 1 aliphatic heterocycles. The Hall–Kier alpha value is -0.730. The fourth-order valence-corrected chi connectivity index (χ4v) is 5.34. The predicted octanol–water partition coefficient (Wildman–Crippen LogP) is 3.00. The van der Waals surface area contributed by atoms with E-state index in [1.165, 1.54) is 0 Å². The first-order chi connectivity index (χ1) is 10.7. The fourth-order valence-electron chi connectivity index (χ4n) is 2.65. The van der Waals surface area contributed by atoms with Gasteiger partial charge in [0, 0.05) is 31.1 Å². The summed E-state index contributed by atoms with van der Waals surface area (Å²) in [5.41, 5.74) is 0.837. The van der Waals surface area contributed by atoms with Crippen LogP contribution in [-0.2, 0) is 15.4 Å². The smallest absolute Gasteiger partial charge is 0.243 e. The number of hydrogen-bond donors (Lipinski definition) is 1. The van der Waals surface area contributed by atoms with Crippen LogP contribution in [0.15, 0.2) is 23.1 Å². The zero-order valence-corrected chi connectivity index (χ0v) is 16.8. The molecule has 1 atom stereocenters. The third-order valence-corrected chi connectivity index (χ3v) is 7.28. The molecule has 3 rings (SSSR count). The number of rotatable bonds is 2. The highest BCUT2D eigenvalue weighted by Gasteiger charge is 2.29. The molecule has 24 heavy (non-hydrogen) atoms. The average Bonchev–Trinajstić information content (AvgIpc) is 2.90. The Morgan fingerprint density at radius 1 is 1.33 bits per heavy atom. The van der Waals surface area contributed by atoms with Crippen molar-refractivity contribution in [2.45, 2.75) is 44.0 Å². The van der Waals surface area contributed by atoms with E-state index in [-0.39, 0.29) is 23.9 Å². The molecule has 1 saturated heterocycles. The number of nitrogens with one attached hydrogen (secondary N) is 1. The van der Waals surface area contributed by atoms with E-state index in [1.54, 1.807) is 27.8 Å². The number of fused-ring (bicyclic) bond motifs is 1. The van der Waals surface area contributed by atoms with Gasteiger partial charge in [0.05, 0.1) is 20.1 Å². The van der Waals surface area contributed by atoms with Gasteiger partial charge in [-0.3, -0.25) is 0 Å². The predicted molar refractivity (Wildman–Crippen MR) is 102 cm³/mol. The number of benzene rings is 1. The molecule has 0 aliphatic carbocycles. The maximum Gasteiger partial charge on any atom is 0.243 e. The summed E-state index contributed by atoms with van der Waals surface area (Å²) in [5.74, 6) is 0. The van der Waals surface area contributed by atoms with Gasteiger partial charge >= 0.3 is 0 Å². The summed E-state index contributed by atoms with van der Waals surface area (Å²) in [6.07, 6.45) is 0. The van der Waals surface area contributed by atoms with Crippen LogP contribution in [0.25, 0.3) is 10.2 Å². The van der Waals surface area contributed by atoms with E-state index in [1.807, 2.05) is 13.0 Å². The van der Waals surface area contributed by atoms with Gasteiger partial charge in [0.25, 0.3) is 0 Å². The quantitative estimate of drug-likeness (QED) is 0.857. The Balaban J connectivity index is 0.00000208. The lowest BCUT2D eigenvalue weighted by Gasteiger charge is -2.30. The van der Waals surface area contributed by atoms with Crippen LogP contribution in [0.3, 0.4) is 0 Å². The molecule has 5 nitrogen and oxygen atoms in total. The van der Waals surface area contributed by atoms with E-state index in [0.29, 0.717) is 24.5 Å². The van der Waals surface area contributed by atoms with Crippen LogP contribution in [0.2, 0.25) is 0 Å². The summed E-state index contributed by atoms with van der Waals surface area (Å²) < 4.78 is 28.2. The van der Waals surface area contributed by atoms with Crippen LogP contribution in [0.5, 0.6) is 0 Å². The molecule has 0 radical (unpaired) electrons. The molecule has 134 valence electrons. The van der Waals surface area contributed by atoms with Crippen LogP contribution in [0.4, 0.5) is 0 Å². The number of halogens is 1. The topological polar surface area (TPSA) is 62.3 Å². The second-order valence-corrected chi connectivity index (χ2v) is 10.1. The number of sulfonamides is 1. The molecule has 1 aromatic heterocycles. The summed E-state index contributed by atoms with van der Waals surface area (Å²) >= 11 is 1.58. The largest absolute Gasteiger partial charge is 0.312 e. The average molecular weight is 390 g/mol. The van der Waals surface area contributed by atoms with E-state index in [4.69, 9.17) is 0 Å². The lowest BCUT2D eigenvalue weighted by molar-refractivity contribution is 0.310. The molecule has 1 aromatic carbocycles. The van der Waals surface area contributed by atoms with Crippen molar-refractivity contribution in [3.63, 3.8) is 0 Å². The molecule has 2 heterocycles. The Morgan fingerprint density at radius 3 is 2.67 bits per heavy atom. The Labute approximate surface area is 153 Å². The summed E-state index contributed by atoms with van der Waals surface area (Å²) in [6.45, 7) is 10.1. The molecule has 0 amide bonds. The summed E-state index contributed by atoms with van der Waals surface area (Å²) in [7, 11) is -3.44. The molecule has 1 unspecified atom stereocenters. The highest BCUT2D eigenvalue weighted by Crippen LogP contribution is 2.32. The highest BCUT2D eigenvalue weighted by atomic mass is 35.5. The SMILES string of the molecule is CC1CN(S(=O)(=O)c2ccc3nc(C(C)(C)C)sc3c2)CCN1.Cl. The molecule has 0 spiro atoms. The zero-order valence-electron chi connectivity index (χ0n) is 14.4. The van der Waals surface area contributed by atoms with E-state index in [9.17, 15) is 8.42 Å². The fraction of sp³-hybridized carbons (Fsp3) is 0.562. The molecular formula is C16H24ClN3O2S2. The Bertz CT molecular complexity index is 827. The van der Waals surface area contributed by atoms with Crippen LogP contribution < -0.4 is 5.32 Å². The van der Waals surface area contributed by atoms with E-state index >= 15 is 0 Å². The summed E-state index contributed by atoms with van der Waals surface area (Å²) in [4.78, 5) is 5.00. The van der Waals surface area contributed by atoms with Crippen molar-refractivity contribution >= 4 is 44.0 Å². The van der Waals surface area contributed by atoms with Gasteiger partial charge in [-0.15, -0.1) is 23.7 Å². The van der Waals surface area contributed by atoms with Crippen LogP contribution >= 0.6 is 23.7 Å². The van der Waals surface area contributed by atoms with Gasteiger partial charge in [-0.2, -0.15) is 4.31 Å². The van der Waals surface area contributed by atoms with Crippen molar-refractivity contribution in [1.29, 1.82) is 0 Å². The van der Waals surface area contributed by atoms with E-state index in [2.05, 4.69) is 31.1 Å². The van der Waals surface area contributed by atoms with Gasteiger partial charge in [-0.05, 0) is 25.1 Å². The summed E-state index contributed by atoms with van der Waals surface area (Å²) in [6, 6.07) is 5.44. The second-order valence-electron chi connectivity index (χ2n) is 7.12. The molecule has 8 heteroatoms. The Morgan fingerprint density at radius 2 is 2.04 bits per heavy atom. The van der Waals surface area contributed by atoms with Gasteiger partial charge in [0.2, 0.25) is 10.0 Å². The van der Waals surface area contributed by atoms with Gasteiger partial charge in [-0.1, -0.05) is 20.8 Å². The van der Waals surface area contributed by atoms with E-state index in [0.717, 1.165) is 15.2 Å².